The molecule has 0 bridgehead atoms. The molecule has 0 radical (unpaired) electrons. The molecular formula is C19H27ClN2O4. The first kappa shape index (κ1) is 20.5. The Hall–Kier alpha value is -1.82. The molecule has 1 aromatic heterocycles. The molecule has 1 fully saturated rings. The van der Waals surface area contributed by atoms with Crippen LogP contribution in [0.15, 0.2) is 0 Å². The quantitative estimate of drug-likeness (QED) is 0.425. The molecule has 0 spiro atoms. The van der Waals surface area contributed by atoms with E-state index in [-0.39, 0.29) is 42.5 Å². The van der Waals surface area contributed by atoms with Crippen molar-refractivity contribution in [3.63, 3.8) is 0 Å². The lowest BCUT2D eigenvalue weighted by Crippen LogP contribution is -2.45. The minimum absolute atomic E-state index is 0.00832. The van der Waals surface area contributed by atoms with Gasteiger partial charge in [0.25, 0.3) is 0 Å². The first-order valence-electron chi connectivity index (χ1n) is 8.90. The maximum absolute atomic E-state index is 12.9. The molecule has 1 heterocycles. The Morgan fingerprint density at radius 1 is 1.27 bits per heavy atom. The van der Waals surface area contributed by atoms with Gasteiger partial charge in [-0.05, 0) is 53.0 Å². The van der Waals surface area contributed by atoms with Crippen molar-refractivity contribution in [1.82, 2.24) is 9.88 Å². The topological polar surface area (TPSA) is 79.5 Å². The second kappa shape index (κ2) is 7.82. The van der Waals surface area contributed by atoms with E-state index in [1.807, 2.05) is 0 Å². The summed E-state index contributed by atoms with van der Waals surface area (Å²) in [6.07, 6.45) is 1.80. The molecule has 1 aromatic rings. The highest BCUT2D eigenvalue weighted by Crippen LogP contribution is 2.32. The van der Waals surface area contributed by atoms with Gasteiger partial charge in [-0.15, -0.1) is 11.6 Å². The highest BCUT2D eigenvalue weighted by molar-refractivity contribution is 6.20. The van der Waals surface area contributed by atoms with Crippen LogP contribution in [0.4, 0.5) is 0 Å². The molecule has 6 nitrogen and oxygen atoms in total. The van der Waals surface area contributed by atoms with Crippen LogP contribution in [0.5, 0.6) is 0 Å². The Morgan fingerprint density at radius 3 is 2.38 bits per heavy atom. The highest BCUT2D eigenvalue weighted by Gasteiger charge is 2.40. The Labute approximate surface area is 159 Å². The van der Waals surface area contributed by atoms with E-state index in [9.17, 15) is 14.4 Å². The van der Waals surface area contributed by atoms with Gasteiger partial charge in [-0.3, -0.25) is 9.59 Å². The predicted octanol–water partition coefficient (Wildman–Crippen LogP) is 3.25. The van der Waals surface area contributed by atoms with Crippen molar-refractivity contribution in [2.24, 2.45) is 5.41 Å². The first-order valence-corrected chi connectivity index (χ1v) is 9.44. The molecule has 0 atom stereocenters. The van der Waals surface area contributed by atoms with Gasteiger partial charge in [0, 0.05) is 23.2 Å². The normalized spacial score (nSPS) is 14.2. The number of H-pyrrole nitrogens is 1. The highest BCUT2D eigenvalue weighted by atomic mass is 35.5. The number of aromatic nitrogens is 1. The summed E-state index contributed by atoms with van der Waals surface area (Å²) in [6, 6.07) is 0.0954. The van der Waals surface area contributed by atoms with Crippen LogP contribution in [-0.2, 0) is 9.53 Å². The monoisotopic (exact) mass is 382 g/mol. The maximum Gasteiger partial charge on any atom is 0.355 e. The SMILES string of the molecule is CCOC(=O)c1[nH]c(C)c(C(=O)CN(C(=O)C(C)(C)CCl)C2CC2)c1C. The summed E-state index contributed by atoms with van der Waals surface area (Å²) in [5, 5.41) is 0. The first-order chi connectivity index (χ1) is 12.1. The summed E-state index contributed by atoms with van der Waals surface area (Å²) < 4.78 is 5.02. The number of rotatable bonds is 8. The molecule has 0 unspecified atom stereocenters. The zero-order chi connectivity index (χ0) is 19.6. The average Bonchev–Trinajstić information content (AvgIpc) is 3.37. The summed E-state index contributed by atoms with van der Waals surface area (Å²) in [7, 11) is 0. The molecule has 2 rings (SSSR count). The molecule has 1 saturated carbocycles. The number of ketones is 1. The minimum Gasteiger partial charge on any atom is -0.461 e. The Balaban J connectivity index is 2.25. The molecule has 1 aliphatic carbocycles. The van der Waals surface area contributed by atoms with E-state index in [1.54, 1.807) is 39.5 Å². The van der Waals surface area contributed by atoms with Crippen molar-refractivity contribution in [1.29, 1.82) is 0 Å². The van der Waals surface area contributed by atoms with Crippen molar-refractivity contribution in [3.8, 4) is 0 Å². The molecular weight excluding hydrogens is 356 g/mol. The van der Waals surface area contributed by atoms with Gasteiger partial charge >= 0.3 is 5.97 Å². The fourth-order valence-electron chi connectivity index (χ4n) is 3.01. The number of nitrogens with zero attached hydrogens (tertiary/aromatic N) is 1. The zero-order valence-corrected chi connectivity index (χ0v) is 16.8. The molecule has 144 valence electrons. The fraction of sp³-hybridized carbons (Fsp3) is 0.632. The van der Waals surface area contributed by atoms with Crippen molar-refractivity contribution < 1.29 is 19.1 Å². The van der Waals surface area contributed by atoms with Crippen LogP contribution in [0.3, 0.4) is 0 Å². The second-order valence-corrected chi connectivity index (χ2v) is 7.72. The van der Waals surface area contributed by atoms with Crippen molar-refractivity contribution in [3.05, 3.63) is 22.5 Å². The summed E-state index contributed by atoms with van der Waals surface area (Å²) in [4.78, 5) is 42.4. The summed E-state index contributed by atoms with van der Waals surface area (Å²) in [6.45, 7) is 9.02. The number of hydrogen-bond acceptors (Lipinski definition) is 4. The summed E-state index contributed by atoms with van der Waals surface area (Å²) in [5.41, 5.74) is 1.19. The molecule has 26 heavy (non-hydrogen) atoms. The molecule has 1 aliphatic rings. The molecule has 1 amide bonds. The number of hydrogen-bond donors (Lipinski definition) is 1. The Kier molecular flexibility index (Phi) is 6.17. The smallest absolute Gasteiger partial charge is 0.355 e. The van der Waals surface area contributed by atoms with E-state index >= 15 is 0 Å². The van der Waals surface area contributed by atoms with E-state index in [1.165, 1.54) is 0 Å². The van der Waals surface area contributed by atoms with Crippen LogP contribution in [0.1, 0.15) is 65.7 Å². The number of aromatic amines is 1. The van der Waals surface area contributed by atoms with E-state index in [0.717, 1.165) is 12.8 Å². The number of ether oxygens (including phenoxy) is 1. The minimum atomic E-state index is -0.719. The molecule has 1 N–H and O–H groups in total. The van der Waals surface area contributed by atoms with Crippen LogP contribution in [0, 0.1) is 19.3 Å². The number of nitrogens with one attached hydrogen (secondary N) is 1. The number of esters is 1. The van der Waals surface area contributed by atoms with E-state index in [4.69, 9.17) is 16.3 Å². The third-order valence-corrected chi connectivity index (χ3v) is 5.34. The summed E-state index contributed by atoms with van der Waals surface area (Å²) in [5.74, 6) is -0.582. The van der Waals surface area contributed by atoms with Crippen LogP contribution < -0.4 is 0 Å². The lowest BCUT2D eigenvalue weighted by molar-refractivity contribution is -0.139. The van der Waals surface area contributed by atoms with E-state index in [2.05, 4.69) is 4.98 Å². The van der Waals surface area contributed by atoms with E-state index < -0.39 is 11.4 Å². The molecule has 0 aliphatic heterocycles. The van der Waals surface area contributed by atoms with Crippen LogP contribution in [0.25, 0.3) is 0 Å². The fourth-order valence-corrected chi connectivity index (χ4v) is 3.12. The van der Waals surface area contributed by atoms with E-state index in [0.29, 0.717) is 16.8 Å². The zero-order valence-electron chi connectivity index (χ0n) is 16.1. The van der Waals surface area contributed by atoms with Crippen LogP contribution in [0.2, 0.25) is 0 Å². The summed E-state index contributed by atoms with van der Waals surface area (Å²) >= 11 is 5.94. The number of Topliss-reactive ketones (excluding diaryl/α,β-unsaturated/α-hetero) is 1. The largest absolute Gasteiger partial charge is 0.461 e. The Morgan fingerprint density at radius 2 is 1.88 bits per heavy atom. The second-order valence-electron chi connectivity index (χ2n) is 7.45. The van der Waals surface area contributed by atoms with Gasteiger partial charge in [-0.2, -0.15) is 0 Å². The lowest BCUT2D eigenvalue weighted by atomic mass is 9.93. The maximum atomic E-state index is 12.9. The number of carbonyl (C=O) groups excluding carboxylic acids is 3. The standard InChI is InChI=1S/C19H27ClN2O4/c1-6-26-17(24)16-11(2)15(12(3)21-16)14(23)9-22(13-7-8-13)18(25)19(4,5)10-20/h13,21H,6-10H2,1-5H3. The third-order valence-electron chi connectivity index (χ3n) is 4.67. The van der Waals surface area contributed by atoms with Gasteiger partial charge in [0.1, 0.15) is 5.69 Å². The molecule has 0 saturated heterocycles. The van der Waals surface area contributed by atoms with Gasteiger partial charge in [0.05, 0.1) is 18.6 Å². The van der Waals surface area contributed by atoms with Gasteiger partial charge in [0.15, 0.2) is 5.78 Å². The number of alkyl halides is 1. The third kappa shape index (κ3) is 4.11. The Bertz CT molecular complexity index is 719. The number of aryl methyl sites for hydroxylation is 1. The van der Waals surface area contributed by atoms with Crippen molar-refractivity contribution in [2.75, 3.05) is 19.0 Å². The molecule has 0 aromatic carbocycles. The van der Waals surface area contributed by atoms with Gasteiger partial charge in [-0.1, -0.05) is 0 Å². The van der Waals surface area contributed by atoms with Crippen LogP contribution in [-0.4, -0.2) is 52.6 Å². The predicted molar refractivity (Wildman–Crippen MR) is 99.8 cm³/mol. The van der Waals surface area contributed by atoms with Gasteiger partial charge < -0.3 is 14.6 Å². The van der Waals surface area contributed by atoms with Gasteiger partial charge in [-0.25, -0.2) is 4.79 Å². The average molecular weight is 383 g/mol. The number of halogens is 1. The number of carbonyl (C=O) groups is 3. The van der Waals surface area contributed by atoms with Crippen molar-refractivity contribution in [2.45, 2.75) is 53.5 Å². The van der Waals surface area contributed by atoms with Gasteiger partial charge in [0.2, 0.25) is 5.91 Å². The lowest BCUT2D eigenvalue weighted by Gasteiger charge is -2.30. The molecule has 7 heteroatoms. The number of amides is 1. The van der Waals surface area contributed by atoms with Crippen molar-refractivity contribution >= 4 is 29.3 Å². The van der Waals surface area contributed by atoms with Crippen LogP contribution >= 0.6 is 11.6 Å².